The van der Waals surface area contributed by atoms with Crippen LogP contribution in [-0.2, 0) is 27.2 Å². The third-order valence-corrected chi connectivity index (χ3v) is 3.11. The van der Waals surface area contributed by atoms with Crippen molar-refractivity contribution in [2.75, 3.05) is 18.5 Å². The molecule has 0 aromatic heterocycles. The van der Waals surface area contributed by atoms with Crippen molar-refractivity contribution >= 4 is 23.5 Å². The summed E-state index contributed by atoms with van der Waals surface area (Å²) in [5.74, 6) is -2.43. The van der Waals surface area contributed by atoms with Crippen LogP contribution in [0.5, 0.6) is 0 Å². The Labute approximate surface area is 110 Å². The Morgan fingerprint density at radius 1 is 1.42 bits per heavy atom. The maximum absolute atomic E-state index is 11.5. The summed E-state index contributed by atoms with van der Waals surface area (Å²) in [6.07, 6.45) is 0.922. The quantitative estimate of drug-likeness (QED) is 0.748. The minimum absolute atomic E-state index is 0.0614. The molecule has 6 nitrogen and oxygen atoms in total. The van der Waals surface area contributed by atoms with E-state index in [1.807, 2.05) is 18.2 Å². The first-order chi connectivity index (χ1) is 8.99. The minimum atomic E-state index is -1.49. The van der Waals surface area contributed by atoms with E-state index in [4.69, 9.17) is 5.11 Å². The van der Waals surface area contributed by atoms with Gasteiger partial charge in [0.25, 0.3) is 0 Å². The fourth-order valence-electron chi connectivity index (χ4n) is 2.07. The Kier molecular flexibility index (Phi) is 3.50. The number of anilines is 1. The zero-order chi connectivity index (χ0) is 14.0. The molecule has 0 saturated heterocycles. The van der Waals surface area contributed by atoms with Gasteiger partial charge in [-0.1, -0.05) is 12.1 Å². The van der Waals surface area contributed by atoms with Gasteiger partial charge in [-0.15, -0.1) is 0 Å². The van der Waals surface area contributed by atoms with Crippen molar-refractivity contribution in [2.24, 2.45) is 0 Å². The topological polar surface area (TPSA) is 86.7 Å². The normalized spacial score (nSPS) is 13.3. The molecular formula is C13H14N2O4. The van der Waals surface area contributed by atoms with Gasteiger partial charge in [-0.25, -0.2) is 4.79 Å². The second-order valence-electron chi connectivity index (χ2n) is 4.40. The first-order valence-electron chi connectivity index (χ1n) is 5.88. The first kappa shape index (κ1) is 13.1. The molecule has 0 aliphatic carbocycles. The Hall–Kier alpha value is -2.37. The molecule has 1 heterocycles. The molecule has 100 valence electrons. The maximum Gasteiger partial charge on any atom is 0.394 e. The largest absolute Gasteiger partial charge is 0.474 e. The van der Waals surface area contributed by atoms with Gasteiger partial charge in [-0.05, 0) is 23.6 Å². The van der Waals surface area contributed by atoms with Crippen LogP contribution in [0.3, 0.4) is 0 Å². The highest BCUT2D eigenvalue weighted by atomic mass is 16.4. The summed E-state index contributed by atoms with van der Waals surface area (Å²) >= 11 is 0. The van der Waals surface area contributed by atoms with Crippen molar-refractivity contribution in [3.05, 3.63) is 29.3 Å². The van der Waals surface area contributed by atoms with Gasteiger partial charge in [0.1, 0.15) is 0 Å². The minimum Gasteiger partial charge on any atom is -0.474 e. The van der Waals surface area contributed by atoms with Crippen LogP contribution < -0.4 is 10.2 Å². The molecule has 2 amide bonds. The number of nitrogens with zero attached hydrogens (tertiary/aromatic N) is 1. The van der Waals surface area contributed by atoms with Crippen LogP contribution in [-0.4, -0.2) is 36.5 Å². The van der Waals surface area contributed by atoms with Gasteiger partial charge in [-0.3, -0.25) is 9.59 Å². The monoisotopic (exact) mass is 262 g/mol. The standard InChI is InChI=1S/C13H14N2O4/c1-15-10-3-2-8(6-9(10)7-11(15)16)4-5-14-12(17)13(18)19/h2-3,6H,4-5,7H2,1H3,(H,14,17)(H,18,19). The van der Waals surface area contributed by atoms with E-state index < -0.39 is 11.9 Å². The van der Waals surface area contributed by atoms with E-state index in [2.05, 4.69) is 5.32 Å². The third-order valence-electron chi connectivity index (χ3n) is 3.11. The van der Waals surface area contributed by atoms with E-state index in [-0.39, 0.29) is 12.5 Å². The van der Waals surface area contributed by atoms with Gasteiger partial charge in [0.05, 0.1) is 6.42 Å². The van der Waals surface area contributed by atoms with Crippen LogP contribution in [0.2, 0.25) is 0 Å². The Morgan fingerprint density at radius 3 is 2.84 bits per heavy atom. The molecule has 0 radical (unpaired) electrons. The van der Waals surface area contributed by atoms with Gasteiger partial charge in [-0.2, -0.15) is 0 Å². The van der Waals surface area contributed by atoms with Crippen LogP contribution in [0.15, 0.2) is 18.2 Å². The average molecular weight is 262 g/mol. The van der Waals surface area contributed by atoms with Crippen molar-refractivity contribution in [2.45, 2.75) is 12.8 Å². The van der Waals surface area contributed by atoms with Crippen LogP contribution in [0.1, 0.15) is 11.1 Å². The number of amides is 2. The molecule has 1 aliphatic rings. The maximum atomic E-state index is 11.5. The predicted molar refractivity (Wildman–Crippen MR) is 67.9 cm³/mol. The SMILES string of the molecule is CN1C(=O)Cc2cc(CCNC(=O)C(=O)O)ccc21. The highest BCUT2D eigenvalue weighted by molar-refractivity contribution is 6.31. The van der Waals surface area contributed by atoms with E-state index in [1.165, 1.54) is 0 Å². The van der Waals surface area contributed by atoms with Gasteiger partial charge in [0, 0.05) is 19.3 Å². The van der Waals surface area contributed by atoms with Gasteiger partial charge < -0.3 is 15.3 Å². The predicted octanol–water partition coefficient (Wildman–Crippen LogP) is -0.0512. The number of carboxylic acids is 1. The Morgan fingerprint density at radius 2 is 2.16 bits per heavy atom. The lowest BCUT2D eigenvalue weighted by atomic mass is 10.1. The van der Waals surface area contributed by atoms with Gasteiger partial charge in [0.2, 0.25) is 5.91 Å². The van der Waals surface area contributed by atoms with E-state index in [0.29, 0.717) is 12.8 Å². The lowest BCUT2D eigenvalue weighted by Gasteiger charge is -2.10. The fourth-order valence-corrected chi connectivity index (χ4v) is 2.07. The molecule has 2 rings (SSSR count). The number of nitrogens with one attached hydrogen (secondary N) is 1. The molecule has 2 N–H and O–H groups in total. The fraction of sp³-hybridized carbons (Fsp3) is 0.308. The number of hydrogen-bond acceptors (Lipinski definition) is 3. The molecule has 0 saturated carbocycles. The van der Waals surface area contributed by atoms with Gasteiger partial charge in [0.15, 0.2) is 0 Å². The number of benzene rings is 1. The third kappa shape index (κ3) is 2.73. The zero-order valence-electron chi connectivity index (χ0n) is 10.5. The average Bonchev–Trinajstić information content (AvgIpc) is 2.64. The first-order valence-corrected chi connectivity index (χ1v) is 5.88. The summed E-state index contributed by atoms with van der Waals surface area (Å²) in [7, 11) is 1.74. The summed E-state index contributed by atoms with van der Waals surface area (Å²) in [5, 5.41) is 10.7. The van der Waals surface area contributed by atoms with Crippen molar-refractivity contribution in [3.8, 4) is 0 Å². The van der Waals surface area contributed by atoms with E-state index in [0.717, 1.165) is 16.8 Å². The van der Waals surface area contributed by atoms with Crippen molar-refractivity contribution in [1.29, 1.82) is 0 Å². The number of carbonyl (C=O) groups is 3. The van der Waals surface area contributed by atoms with Crippen molar-refractivity contribution in [1.82, 2.24) is 5.32 Å². The molecule has 1 aromatic rings. The number of likely N-dealkylation sites (N-methyl/N-ethyl adjacent to an activating group) is 1. The molecule has 0 atom stereocenters. The molecular weight excluding hydrogens is 248 g/mol. The lowest BCUT2D eigenvalue weighted by molar-refractivity contribution is -0.150. The number of aliphatic carboxylic acids is 1. The molecule has 0 fully saturated rings. The summed E-state index contributed by atoms with van der Waals surface area (Å²) in [4.78, 5) is 34.3. The molecule has 0 unspecified atom stereocenters. The van der Waals surface area contributed by atoms with Crippen LogP contribution in [0, 0.1) is 0 Å². The number of carboxylic acid groups (broad SMARTS) is 1. The zero-order valence-corrected chi connectivity index (χ0v) is 10.5. The molecule has 19 heavy (non-hydrogen) atoms. The van der Waals surface area contributed by atoms with Crippen molar-refractivity contribution in [3.63, 3.8) is 0 Å². The van der Waals surface area contributed by atoms with Crippen LogP contribution in [0.4, 0.5) is 5.69 Å². The summed E-state index contributed by atoms with van der Waals surface area (Å²) in [5.41, 5.74) is 2.84. The second-order valence-corrected chi connectivity index (χ2v) is 4.40. The number of hydrogen-bond donors (Lipinski definition) is 2. The summed E-state index contributed by atoms with van der Waals surface area (Å²) in [6.45, 7) is 0.258. The number of rotatable bonds is 3. The smallest absolute Gasteiger partial charge is 0.394 e. The van der Waals surface area contributed by atoms with Gasteiger partial charge >= 0.3 is 11.9 Å². The van der Waals surface area contributed by atoms with E-state index >= 15 is 0 Å². The van der Waals surface area contributed by atoms with E-state index in [1.54, 1.807) is 11.9 Å². The molecule has 1 aliphatic heterocycles. The highest BCUT2D eigenvalue weighted by Gasteiger charge is 2.23. The van der Waals surface area contributed by atoms with Crippen molar-refractivity contribution < 1.29 is 19.5 Å². The Balaban J connectivity index is 1.97. The lowest BCUT2D eigenvalue weighted by Crippen LogP contribution is -2.32. The summed E-state index contributed by atoms with van der Waals surface area (Å²) < 4.78 is 0. The van der Waals surface area contributed by atoms with Crippen LogP contribution in [0.25, 0.3) is 0 Å². The molecule has 6 heteroatoms. The Bertz CT molecular complexity index is 554. The molecule has 1 aromatic carbocycles. The number of fused-ring (bicyclic) bond motifs is 1. The molecule has 0 bridgehead atoms. The summed E-state index contributed by atoms with van der Waals surface area (Å²) in [6, 6.07) is 5.67. The van der Waals surface area contributed by atoms with E-state index in [9.17, 15) is 14.4 Å². The molecule has 0 spiro atoms. The highest BCUT2D eigenvalue weighted by Crippen LogP contribution is 2.28. The van der Waals surface area contributed by atoms with Crippen LogP contribution >= 0.6 is 0 Å². The number of carbonyl (C=O) groups excluding carboxylic acids is 2. The second kappa shape index (κ2) is 5.09.